The number of guanidine groups is 1. The number of hydrogen-bond acceptors (Lipinski definition) is 27. The third-order valence-corrected chi connectivity index (χ3v) is 29.4. The maximum absolute atomic E-state index is 14.0. The summed E-state index contributed by atoms with van der Waals surface area (Å²) in [6.07, 6.45) is 67.0. The molecule has 7 unspecified atom stereocenters. The Kier molecular flexibility index (Phi) is 67.3. The van der Waals surface area contributed by atoms with E-state index in [1.54, 1.807) is 47.6 Å². The van der Waals surface area contributed by atoms with Gasteiger partial charge in [-0.05, 0) is 62.9 Å². The standard InChI is InChI=1S/C36H60N5O6P.C35H57FN5O6P.C35H58N5O5P.CH4/c1-3-4-5-6-7-8-9-10-11-12-13-14-15-16-17-21-24-44-25-26-46-48(43,47-28-32-22-19-18-20-23-32)30-45-31(2)27-41-29-38-33-34(41)39-36(37)40-35(33)42;1-2-3-4-5-6-7-8-9-10-11-12-13-14-15-16-20-23-44-24-25-46-48(43,47-30-21-18-17-19-22-30)29-45-31(26-36)27-41-28-38-32-33(41)39-35(37)40-34(32)42;1-3-4-5-6-7-8-9-10-11-12-13-14-15-16-17-21-24-42-25-26-44-46(41,45-32-22-19-18-20-23-32)30-43-31(2)27-40-29-39-33-34(36)37-28-38-35(33)40;/h18-20,22-23,29,31,33H,3-17,21,24-28,30H2,1-2H3,(H2,37,40,42);17-19,21-22,28,31H,2-16,20,23-27,29H2,1H3,(H3,37,39,40,42);18-20,22-23,28-29,31H,3-17,21,24-27,30H2,1-2H3,(H2,36,37,38);1H4. The molecular weight excluding hydrogens is 1880 g/mol. The van der Waals surface area contributed by atoms with Gasteiger partial charge in [0, 0.05) is 19.8 Å². The highest BCUT2D eigenvalue weighted by molar-refractivity contribution is 7.54. The van der Waals surface area contributed by atoms with E-state index in [2.05, 4.69) is 66.0 Å². The maximum Gasteiger partial charge on any atom is 0.404 e. The molecular formula is C107H179FN15O17P3. The van der Waals surface area contributed by atoms with Crippen LogP contribution in [0.25, 0.3) is 22.3 Å². The van der Waals surface area contributed by atoms with E-state index in [0.29, 0.717) is 80.4 Å². The molecule has 0 spiro atoms. The van der Waals surface area contributed by atoms with E-state index >= 15 is 0 Å². The number of carbonyl (C=O) groups excluding carboxylic acids is 1. The SMILES string of the molecule is C.CCCCCCCCCCCCCCCCCCOCCOP(=O)(COC(C)CN1C=NC2C(=O)NC(=N)N=C21)OCc1ccccc1.CCCCCCCCCCCCCCCCCCOCCOP(=O)(COC(C)Cn1cnc2c(N)ncnc21)Oc1ccccc1.CCCCCCCCCCCCCCCCCCOCCOP(=O)(COC(CF)Cn1cnc2c(=O)[nH]c(N)nc21)Oc1ccccc1. The number of H-pyrrole nitrogens is 1. The molecule has 7 atom stereocenters. The summed E-state index contributed by atoms with van der Waals surface area (Å²) in [4.78, 5) is 57.2. The number of carbonyl (C=O) groups is 1. The Morgan fingerprint density at radius 1 is 0.427 bits per heavy atom. The first kappa shape index (κ1) is 124. The number of alkyl halides is 1. The van der Waals surface area contributed by atoms with Gasteiger partial charge in [-0.1, -0.05) is 384 Å². The van der Waals surface area contributed by atoms with Crippen LogP contribution in [0.5, 0.6) is 11.5 Å². The molecule has 0 aliphatic carbocycles. The van der Waals surface area contributed by atoms with E-state index < -0.39 is 59.6 Å². The zero-order valence-corrected chi connectivity index (χ0v) is 89.2. The van der Waals surface area contributed by atoms with Crippen LogP contribution < -0.4 is 31.4 Å². The number of hydrogen-bond donors (Lipinski definition) is 5. The highest BCUT2D eigenvalue weighted by Gasteiger charge is 2.38. The number of imidazole rings is 2. The van der Waals surface area contributed by atoms with Crippen LogP contribution in [-0.4, -0.2) is 184 Å². The zero-order chi connectivity index (χ0) is 101. The Labute approximate surface area is 854 Å². The Morgan fingerprint density at radius 2 is 0.797 bits per heavy atom. The van der Waals surface area contributed by atoms with Gasteiger partial charge in [0.1, 0.15) is 48.3 Å². The van der Waals surface area contributed by atoms with Crippen LogP contribution in [-0.2, 0) is 84.7 Å². The lowest BCUT2D eigenvalue weighted by molar-refractivity contribution is -0.119. The normalized spacial score (nSPS) is 14.9. The van der Waals surface area contributed by atoms with E-state index in [9.17, 15) is 27.7 Å². The largest absolute Gasteiger partial charge is 0.423 e. The van der Waals surface area contributed by atoms with Gasteiger partial charge in [-0.15, -0.1) is 0 Å². The summed E-state index contributed by atoms with van der Waals surface area (Å²) in [6, 6.07) is 26.3. The van der Waals surface area contributed by atoms with Gasteiger partial charge in [0.05, 0.1) is 97.1 Å². The molecule has 0 bridgehead atoms. The number of amidine groups is 1. The summed E-state index contributed by atoms with van der Waals surface area (Å²) in [5.41, 5.74) is 13.3. The maximum atomic E-state index is 14.0. The fourth-order valence-electron chi connectivity index (χ4n) is 16.6. The Hall–Kier alpha value is -7.74. The predicted octanol–water partition coefficient (Wildman–Crippen LogP) is 26.8. The summed E-state index contributed by atoms with van der Waals surface area (Å²) in [5, 5.41) is 10.1. The Bertz CT molecular complexity index is 4700. The lowest BCUT2D eigenvalue weighted by atomic mass is 10.0. The monoisotopic (exact) mass is 2060 g/mol. The minimum atomic E-state index is -3.84. The van der Waals surface area contributed by atoms with Crippen molar-refractivity contribution in [1.82, 2.24) is 49.3 Å². The van der Waals surface area contributed by atoms with E-state index in [4.69, 9.17) is 72.4 Å². The Balaban J connectivity index is 0.000000327. The lowest BCUT2D eigenvalue weighted by Gasteiger charge is -2.26. The van der Waals surface area contributed by atoms with Crippen molar-refractivity contribution in [1.29, 1.82) is 5.41 Å². The van der Waals surface area contributed by atoms with Crippen LogP contribution >= 0.6 is 22.8 Å². The van der Waals surface area contributed by atoms with Crippen molar-refractivity contribution in [2.75, 3.05) is 103 Å². The van der Waals surface area contributed by atoms with Crippen molar-refractivity contribution in [2.24, 2.45) is 9.98 Å². The second-order valence-electron chi connectivity index (χ2n) is 37.4. The average Bonchev–Trinajstić information content (AvgIpc) is 1.67. The number of unbranched alkanes of at least 4 members (excludes halogenated alkanes) is 45. The predicted molar refractivity (Wildman–Crippen MR) is 575 cm³/mol. The molecule has 0 saturated carbocycles. The topological polar surface area (TPSA) is 402 Å². The fourth-order valence-corrected chi connectivity index (χ4v) is 20.7. The summed E-state index contributed by atoms with van der Waals surface area (Å²) in [5.74, 6) is 0.807. The molecule has 0 radical (unpaired) electrons. The summed E-state index contributed by atoms with van der Waals surface area (Å²) in [6.45, 7) is 13.6. The number of ether oxygens (including phenoxy) is 6. The molecule has 32 nitrogen and oxygen atoms in total. The zero-order valence-electron chi connectivity index (χ0n) is 86.5. The molecule has 0 saturated heterocycles. The van der Waals surface area contributed by atoms with Gasteiger partial charge in [-0.2, -0.15) is 9.98 Å². The number of fused-ring (bicyclic) bond motifs is 3. The molecule has 4 aromatic heterocycles. The van der Waals surface area contributed by atoms with Gasteiger partial charge in [-0.3, -0.25) is 43.9 Å². The van der Waals surface area contributed by atoms with Gasteiger partial charge < -0.3 is 72.0 Å². The van der Waals surface area contributed by atoms with E-state index in [1.807, 2.05) is 73.0 Å². The van der Waals surface area contributed by atoms with E-state index in [0.717, 1.165) is 37.7 Å². The minimum absolute atomic E-state index is 0. The summed E-state index contributed by atoms with van der Waals surface area (Å²) < 4.78 is 128. The number of halogens is 1. The molecule has 7 N–H and O–H groups in total. The van der Waals surface area contributed by atoms with Crippen molar-refractivity contribution in [3.8, 4) is 11.5 Å². The van der Waals surface area contributed by atoms with Crippen molar-refractivity contribution < 1.29 is 78.4 Å². The molecule has 3 aromatic carbocycles. The Morgan fingerprint density at radius 3 is 1.22 bits per heavy atom. The third kappa shape index (κ3) is 55.2. The minimum Gasteiger partial charge on any atom is -0.423 e. The van der Waals surface area contributed by atoms with Crippen LogP contribution in [0.15, 0.2) is 125 Å². The molecule has 9 rings (SSSR count). The second-order valence-corrected chi connectivity index (χ2v) is 43.2. The number of nitrogens with one attached hydrogen (secondary N) is 3. The quantitative estimate of drug-likeness (QED) is 0.0175. The van der Waals surface area contributed by atoms with Crippen molar-refractivity contribution in [2.45, 2.75) is 394 Å². The molecule has 36 heteroatoms. The summed E-state index contributed by atoms with van der Waals surface area (Å²) >= 11 is 0. The van der Waals surface area contributed by atoms with Gasteiger partial charge in [0.15, 0.2) is 41.4 Å². The molecule has 0 fully saturated rings. The smallest absolute Gasteiger partial charge is 0.404 e. The number of aromatic nitrogens is 8. The van der Waals surface area contributed by atoms with Gasteiger partial charge in [-0.25, -0.2) is 33.5 Å². The number of rotatable bonds is 86. The lowest BCUT2D eigenvalue weighted by Crippen LogP contribution is -2.49. The van der Waals surface area contributed by atoms with Crippen molar-refractivity contribution >= 4 is 80.9 Å². The van der Waals surface area contributed by atoms with Crippen LogP contribution in [0.1, 0.15) is 356 Å². The van der Waals surface area contributed by atoms with Crippen LogP contribution in [0, 0.1) is 5.41 Å². The van der Waals surface area contributed by atoms with Gasteiger partial charge in [0.25, 0.3) is 11.5 Å². The summed E-state index contributed by atoms with van der Waals surface area (Å²) in [7, 11) is -11.1. The number of nitrogens with zero attached hydrogens (tertiary/aromatic N) is 10. The second kappa shape index (κ2) is 77.6. The number of benzene rings is 3. The number of aromatic amines is 1. The van der Waals surface area contributed by atoms with Crippen molar-refractivity contribution in [3.63, 3.8) is 0 Å². The number of nitrogen functional groups attached to an aromatic ring is 2. The molecule has 7 aromatic rings. The number of nitrogens with two attached hydrogens (primary N) is 2. The van der Waals surface area contributed by atoms with Gasteiger partial charge >= 0.3 is 22.8 Å². The number of amides is 1. The number of para-hydroxylation sites is 2. The first-order chi connectivity index (χ1) is 69.3. The van der Waals surface area contributed by atoms with Crippen LogP contribution in [0.4, 0.5) is 16.2 Å². The first-order valence-electron chi connectivity index (χ1n) is 53.8. The van der Waals surface area contributed by atoms with Crippen molar-refractivity contribution in [3.05, 3.63) is 126 Å². The molecule has 2 aliphatic rings. The fraction of sp³-hybridized carbons (Fsp3) is 0.701. The molecule has 6 heterocycles. The molecule has 1 amide bonds. The highest BCUT2D eigenvalue weighted by Crippen LogP contribution is 2.51. The van der Waals surface area contributed by atoms with Gasteiger partial charge in [0.2, 0.25) is 11.9 Å². The van der Waals surface area contributed by atoms with Crippen LogP contribution in [0.2, 0.25) is 0 Å². The van der Waals surface area contributed by atoms with E-state index in [-0.39, 0.29) is 94.8 Å². The number of aliphatic imine (C=N–C) groups is 2. The van der Waals surface area contributed by atoms with Crippen LogP contribution in [0.3, 0.4) is 0 Å². The highest BCUT2D eigenvalue weighted by atomic mass is 31.2. The third-order valence-electron chi connectivity index (χ3n) is 24.7. The molecule has 806 valence electrons. The molecule has 2 aliphatic heterocycles. The first-order valence-corrected chi connectivity index (χ1v) is 59.0. The molecule has 143 heavy (non-hydrogen) atoms. The average molecular weight is 2060 g/mol. The number of anilines is 2. The van der Waals surface area contributed by atoms with E-state index in [1.165, 1.54) is 300 Å².